The molecule has 0 saturated heterocycles. The number of benzene rings is 3. The van der Waals surface area contributed by atoms with Gasteiger partial charge in [0, 0.05) is 5.56 Å². The van der Waals surface area contributed by atoms with Gasteiger partial charge in [-0.2, -0.15) is 4.89 Å². The third kappa shape index (κ3) is 4.46. The van der Waals surface area contributed by atoms with E-state index in [0.717, 1.165) is 16.3 Å². The summed E-state index contributed by atoms with van der Waals surface area (Å²) in [6.07, 6.45) is 0.254. The van der Waals surface area contributed by atoms with Crippen molar-refractivity contribution in [2.45, 2.75) is 6.42 Å². The van der Waals surface area contributed by atoms with E-state index in [2.05, 4.69) is 10.2 Å². The maximum absolute atomic E-state index is 12.4. The molecule has 0 heterocycles. The molecular weight excluding hydrogens is 330 g/mol. The molecule has 3 rings (SSSR count). The van der Waals surface area contributed by atoms with E-state index >= 15 is 0 Å². The van der Waals surface area contributed by atoms with Gasteiger partial charge in [-0.05, 0) is 34.5 Å². The zero-order valence-electron chi connectivity index (χ0n) is 14.4. The Morgan fingerprint density at radius 3 is 2.46 bits per heavy atom. The van der Waals surface area contributed by atoms with Crippen molar-refractivity contribution in [3.63, 3.8) is 0 Å². The number of fused-ring (bicyclic) bond motifs is 1. The van der Waals surface area contributed by atoms with Gasteiger partial charge in [0.2, 0.25) is 5.91 Å². The molecule has 132 valence electrons. The zero-order valence-corrected chi connectivity index (χ0v) is 14.4. The SMILES string of the molecule is COOc1ccc2ccc(C(=O)CNC(=O)Cc3ccccc3)cc2c1. The molecule has 0 fully saturated rings. The Labute approximate surface area is 151 Å². The predicted molar refractivity (Wildman–Crippen MR) is 99.1 cm³/mol. The van der Waals surface area contributed by atoms with Crippen molar-refractivity contribution in [1.82, 2.24) is 5.32 Å². The quantitative estimate of drug-likeness (QED) is 0.404. The van der Waals surface area contributed by atoms with E-state index in [9.17, 15) is 9.59 Å². The summed E-state index contributed by atoms with van der Waals surface area (Å²) >= 11 is 0. The van der Waals surface area contributed by atoms with Crippen LogP contribution in [0.2, 0.25) is 0 Å². The minimum atomic E-state index is -0.180. The summed E-state index contributed by atoms with van der Waals surface area (Å²) in [5, 5.41) is 4.52. The number of rotatable bonds is 7. The highest BCUT2D eigenvalue weighted by Crippen LogP contribution is 2.22. The molecule has 0 aliphatic rings. The summed E-state index contributed by atoms with van der Waals surface area (Å²) in [6, 6.07) is 20.3. The second-order valence-corrected chi connectivity index (χ2v) is 5.84. The first-order chi connectivity index (χ1) is 12.7. The van der Waals surface area contributed by atoms with Crippen molar-refractivity contribution < 1.29 is 19.4 Å². The second kappa shape index (κ2) is 8.27. The molecule has 3 aromatic carbocycles. The van der Waals surface area contributed by atoms with Gasteiger partial charge in [0.15, 0.2) is 11.5 Å². The van der Waals surface area contributed by atoms with E-state index in [1.165, 1.54) is 7.11 Å². The Kier molecular flexibility index (Phi) is 5.61. The fraction of sp³-hybridized carbons (Fsp3) is 0.143. The third-order valence-corrected chi connectivity index (χ3v) is 3.97. The van der Waals surface area contributed by atoms with Crippen LogP contribution < -0.4 is 10.2 Å². The maximum Gasteiger partial charge on any atom is 0.224 e. The molecular formula is C21H19NO4. The largest absolute Gasteiger partial charge is 0.348 e. The van der Waals surface area contributed by atoms with Gasteiger partial charge < -0.3 is 10.2 Å². The van der Waals surface area contributed by atoms with E-state index in [0.29, 0.717) is 11.3 Å². The van der Waals surface area contributed by atoms with Gasteiger partial charge in [-0.3, -0.25) is 9.59 Å². The molecule has 0 aromatic heterocycles. The van der Waals surface area contributed by atoms with Crippen LogP contribution in [-0.4, -0.2) is 25.3 Å². The summed E-state index contributed by atoms with van der Waals surface area (Å²) in [7, 11) is 1.43. The Morgan fingerprint density at radius 1 is 0.923 bits per heavy atom. The minimum Gasteiger partial charge on any atom is -0.348 e. The fourth-order valence-corrected chi connectivity index (χ4v) is 2.67. The molecule has 0 atom stereocenters. The van der Waals surface area contributed by atoms with E-state index in [-0.39, 0.29) is 24.7 Å². The lowest BCUT2D eigenvalue weighted by molar-refractivity contribution is -0.178. The predicted octanol–water partition coefficient (Wildman–Crippen LogP) is 3.32. The number of carbonyl (C=O) groups is 2. The molecule has 0 unspecified atom stereocenters. The lowest BCUT2D eigenvalue weighted by Crippen LogP contribution is -2.30. The highest BCUT2D eigenvalue weighted by molar-refractivity contribution is 6.02. The van der Waals surface area contributed by atoms with Crippen LogP contribution in [0.4, 0.5) is 0 Å². The summed E-state index contributed by atoms with van der Waals surface area (Å²) in [5.74, 6) is 0.230. The van der Waals surface area contributed by atoms with Crippen LogP contribution in [0.15, 0.2) is 66.7 Å². The zero-order chi connectivity index (χ0) is 18.4. The molecule has 5 nitrogen and oxygen atoms in total. The van der Waals surface area contributed by atoms with E-state index in [1.807, 2.05) is 42.5 Å². The summed E-state index contributed by atoms with van der Waals surface area (Å²) < 4.78 is 0. The monoisotopic (exact) mass is 349 g/mol. The van der Waals surface area contributed by atoms with E-state index < -0.39 is 0 Å². The summed E-state index contributed by atoms with van der Waals surface area (Å²) in [5.41, 5.74) is 1.45. The van der Waals surface area contributed by atoms with Gasteiger partial charge in [0.1, 0.15) is 0 Å². The van der Waals surface area contributed by atoms with Crippen molar-refractivity contribution >= 4 is 22.5 Å². The van der Waals surface area contributed by atoms with Crippen LogP contribution in [-0.2, 0) is 16.1 Å². The smallest absolute Gasteiger partial charge is 0.224 e. The van der Waals surface area contributed by atoms with Crippen LogP contribution in [0.5, 0.6) is 5.75 Å². The first-order valence-electron chi connectivity index (χ1n) is 8.24. The van der Waals surface area contributed by atoms with Crippen molar-refractivity contribution in [2.24, 2.45) is 0 Å². The van der Waals surface area contributed by atoms with Crippen molar-refractivity contribution in [1.29, 1.82) is 0 Å². The standard InChI is InChI=1S/C21H19NO4/c1-25-26-19-10-9-16-7-8-17(12-18(16)13-19)20(23)14-22-21(24)11-15-5-3-2-4-6-15/h2-10,12-13H,11,14H2,1H3,(H,22,24). The maximum atomic E-state index is 12.4. The molecule has 0 radical (unpaired) electrons. The summed E-state index contributed by atoms with van der Waals surface area (Å²) in [4.78, 5) is 34.0. The number of amides is 1. The van der Waals surface area contributed by atoms with Gasteiger partial charge in [-0.25, -0.2) is 0 Å². The number of hydrogen-bond donors (Lipinski definition) is 1. The molecule has 5 heteroatoms. The number of nitrogens with one attached hydrogen (secondary N) is 1. The number of carbonyl (C=O) groups excluding carboxylic acids is 2. The molecule has 1 amide bonds. The Balaban J connectivity index is 1.64. The molecule has 0 spiro atoms. The van der Waals surface area contributed by atoms with E-state index in [1.54, 1.807) is 24.3 Å². The number of hydrogen-bond acceptors (Lipinski definition) is 4. The van der Waals surface area contributed by atoms with Crippen molar-refractivity contribution in [3.05, 3.63) is 77.9 Å². The van der Waals surface area contributed by atoms with Crippen molar-refractivity contribution in [2.75, 3.05) is 13.7 Å². The van der Waals surface area contributed by atoms with Gasteiger partial charge in [-0.1, -0.05) is 48.5 Å². The van der Waals surface area contributed by atoms with Gasteiger partial charge in [-0.15, -0.1) is 0 Å². The molecule has 1 N–H and O–H groups in total. The lowest BCUT2D eigenvalue weighted by atomic mass is 10.0. The normalized spacial score (nSPS) is 10.5. The molecule has 0 saturated carbocycles. The van der Waals surface area contributed by atoms with Crippen LogP contribution in [0, 0.1) is 0 Å². The van der Waals surface area contributed by atoms with E-state index in [4.69, 9.17) is 4.89 Å². The average Bonchev–Trinajstić information content (AvgIpc) is 2.66. The highest BCUT2D eigenvalue weighted by Gasteiger charge is 2.10. The van der Waals surface area contributed by atoms with Crippen LogP contribution in [0.25, 0.3) is 10.8 Å². The average molecular weight is 349 g/mol. The third-order valence-electron chi connectivity index (χ3n) is 3.97. The molecule has 0 bridgehead atoms. The second-order valence-electron chi connectivity index (χ2n) is 5.84. The van der Waals surface area contributed by atoms with Gasteiger partial charge in [0.05, 0.1) is 20.1 Å². The minimum absolute atomic E-state index is 0.0363. The van der Waals surface area contributed by atoms with Gasteiger partial charge >= 0.3 is 0 Å². The van der Waals surface area contributed by atoms with Crippen molar-refractivity contribution in [3.8, 4) is 5.75 Å². The Bertz CT molecular complexity index is 922. The van der Waals surface area contributed by atoms with Gasteiger partial charge in [0.25, 0.3) is 0 Å². The fourth-order valence-electron chi connectivity index (χ4n) is 2.67. The Morgan fingerprint density at radius 2 is 1.69 bits per heavy atom. The molecule has 0 aliphatic carbocycles. The topological polar surface area (TPSA) is 64.6 Å². The first kappa shape index (κ1) is 17.6. The lowest BCUT2D eigenvalue weighted by Gasteiger charge is -2.07. The molecule has 3 aromatic rings. The Hall–Kier alpha value is -3.18. The molecule has 0 aliphatic heterocycles. The first-order valence-corrected chi connectivity index (χ1v) is 8.24. The highest BCUT2D eigenvalue weighted by atomic mass is 17.2. The number of ketones is 1. The number of Topliss-reactive ketones (excluding diaryl/α,β-unsaturated/α-hetero) is 1. The van der Waals surface area contributed by atoms with Crippen LogP contribution in [0.1, 0.15) is 15.9 Å². The van der Waals surface area contributed by atoms with Crippen LogP contribution in [0.3, 0.4) is 0 Å². The molecule has 26 heavy (non-hydrogen) atoms. The summed E-state index contributed by atoms with van der Waals surface area (Å²) in [6.45, 7) is -0.0363. The van der Waals surface area contributed by atoms with Crippen LogP contribution >= 0.6 is 0 Å².